The zero-order chi connectivity index (χ0) is 11.0. The van der Waals surface area contributed by atoms with Crippen molar-refractivity contribution in [2.75, 3.05) is 13.1 Å². The van der Waals surface area contributed by atoms with Crippen LogP contribution >= 0.6 is 12.4 Å². The van der Waals surface area contributed by atoms with E-state index < -0.39 is 5.79 Å². The molecule has 17 heavy (non-hydrogen) atoms. The van der Waals surface area contributed by atoms with Gasteiger partial charge in [0.05, 0.1) is 5.56 Å². The topological polar surface area (TPSA) is 33.3 Å². The van der Waals surface area contributed by atoms with E-state index in [1.165, 1.54) is 0 Å². The summed E-state index contributed by atoms with van der Waals surface area (Å²) in [6.45, 7) is 1.75. The van der Waals surface area contributed by atoms with E-state index in [0.717, 1.165) is 25.9 Å². The Kier molecular flexibility index (Phi) is 3.56. The molecule has 1 unspecified atom stereocenters. The molecule has 94 valence electrons. The molecule has 0 spiro atoms. The Balaban J connectivity index is 0.00000108. The molecule has 2 aliphatic rings. The van der Waals surface area contributed by atoms with Crippen LogP contribution < -0.4 is 15.6 Å². The van der Waals surface area contributed by atoms with Crippen molar-refractivity contribution in [2.24, 2.45) is 5.92 Å². The molecule has 0 bridgehead atoms. The molecule has 1 aromatic rings. The van der Waals surface area contributed by atoms with Crippen molar-refractivity contribution >= 4 is 12.4 Å². The van der Waals surface area contributed by atoms with Crippen LogP contribution in [0.2, 0.25) is 0 Å². The van der Waals surface area contributed by atoms with Crippen molar-refractivity contribution in [3.8, 4) is 5.75 Å². The third-order valence-corrected chi connectivity index (χ3v) is 3.49. The van der Waals surface area contributed by atoms with Gasteiger partial charge in [0.25, 0.3) is 0 Å². The van der Waals surface area contributed by atoms with Crippen molar-refractivity contribution < 1.29 is 9.23 Å². The number of alkyl halides is 1. The molecule has 2 heterocycles. The SMILES string of the molecule is Cl.FC1(C2CCNCC2)NOc2ccccc21. The van der Waals surface area contributed by atoms with Gasteiger partial charge in [0.15, 0.2) is 5.75 Å². The fourth-order valence-corrected chi connectivity index (χ4v) is 2.56. The van der Waals surface area contributed by atoms with Gasteiger partial charge in [0.2, 0.25) is 5.79 Å². The molecule has 0 aromatic heterocycles. The number of para-hydroxylation sites is 1. The van der Waals surface area contributed by atoms with Gasteiger partial charge >= 0.3 is 0 Å². The van der Waals surface area contributed by atoms with E-state index in [-0.39, 0.29) is 18.3 Å². The molecule has 1 atom stereocenters. The Hall–Kier alpha value is -0.840. The molecule has 0 aliphatic carbocycles. The van der Waals surface area contributed by atoms with Gasteiger partial charge in [-0.2, -0.15) is 0 Å². The second-order valence-corrected chi connectivity index (χ2v) is 4.44. The zero-order valence-electron chi connectivity index (χ0n) is 9.41. The van der Waals surface area contributed by atoms with Crippen molar-refractivity contribution in [3.63, 3.8) is 0 Å². The van der Waals surface area contributed by atoms with E-state index in [1.807, 2.05) is 12.1 Å². The van der Waals surface area contributed by atoms with E-state index in [4.69, 9.17) is 4.84 Å². The summed E-state index contributed by atoms with van der Waals surface area (Å²) in [6.07, 6.45) is 1.67. The molecular weight excluding hydrogens is 243 g/mol. The monoisotopic (exact) mass is 258 g/mol. The number of nitrogens with one attached hydrogen (secondary N) is 2. The molecule has 1 aromatic carbocycles. The molecule has 3 rings (SSSR count). The minimum absolute atomic E-state index is 0. The summed E-state index contributed by atoms with van der Waals surface area (Å²) in [7, 11) is 0. The fourth-order valence-electron chi connectivity index (χ4n) is 2.56. The van der Waals surface area contributed by atoms with Gasteiger partial charge < -0.3 is 10.2 Å². The maximum absolute atomic E-state index is 14.9. The second-order valence-electron chi connectivity index (χ2n) is 4.44. The summed E-state index contributed by atoms with van der Waals surface area (Å²) in [6, 6.07) is 7.31. The number of fused-ring (bicyclic) bond motifs is 1. The lowest BCUT2D eigenvalue weighted by Gasteiger charge is -2.32. The van der Waals surface area contributed by atoms with Gasteiger partial charge in [-0.1, -0.05) is 18.2 Å². The van der Waals surface area contributed by atoms with Crippen LogP contribution in [0.5, 0.6) is 5.75 Å². The first kappa shape index (κ1) is 12.6. The number of hydroxylamine groups is 1. The summed E-state index contributed by atoms with van der Waals surface area (Å²) in [5.41, 5.74) is 3.21. The van der Waals surface area contributed by atoms with Crippen molar-refractivity contribution in [1.29, 1.82) is 0 Å². The molecule has 1 fully saturated rings. The van der Waals surface area contributed by atoms with Gasteiger partial charge in [-0.05, 0) is 32.0 Å². The Bertz CT molecular complexity index is 398. The Morgan fingerprint density at radius 2 is 1.94 bits per heavy atom. The standard InChI is InChI=1S/C12H15FN2O.ClH/c13-12(9-5-7-14-8-6-9)10-3-1-2-4-11(10)16-15-12;/h1-4,9,14-15H,5-8H2;1H. The highest BCUT2D eigenvalue weighted by atomic mass is 35.5. The Morgan fingerprint density at radius 1 is 1.24 bits per heavy atom. The van der Waals surface area contributed by atoms with E-state index >= 15 is 0 Å². The molecule has 3 nitrogen and oxygen atoms in total. The van der Waals surface area contributed by atoms with Crippen molar-refractivity contribution in [3.05, 3.63) is 29.8 Å². The predicted molar refractivity (Wildman–Crippen MR) is 65.8 cm³/mol. The highest BCUT2D eigenvalue weighted by molar-refractivity contribution is 5.85. The molecular formula is C12H16ClFN2O. The third-order valence-electron chi connectivity index (χ3n) is 3.49. The van der Waals surface area contributed by atoms with Crippen LogP contribution in [0.1, 0.15) is 18.4 Å². The first-order chi connectivity index (χ1) is 7.81. The van der Waals surface area contributed by atoms with Gasteiger partial charge in [0.1, 0.15) is 0 Å². The quantitative estimate of drug-likeness (QED) is 0.757. The van der Waals surface area contributed by atoms with Crippen molar-refractivity contribution in [2.45, 2.75) is 18.6 Å². The second kappa shape index (κ2) is 4.80. The minimum Gasteiger partial charge on any atom is -0.405 e. The number of piperidine rings is 1. The van der Waals surface area contributed by atoms with Crippen LogP contribution in [-0.4, -0.2) is 13.1 Å². The molecule has 0 amide bonds. The molecule has 5 heteroatoms. The average Bonchev–Trinajstić information content (AvgIpc) is 2.71. The Morgan fingerprint density at radius 3 is 2.71 bits per heavy atom. The largest absolute Gasteiger partial charge is 0.405 e. The summed E-state index contributed by atoms with van der Waals surface area (Å²) < 4.78 is 14.9. The van der Waals surface area contributed by atoms with Gasteiger partial charge in [-0.25, -0.2) is 4.39 Å². The van der Waals surface area contributed by atoms with Crippen LogP contribution in [0.15, 0.2) is 24.3 Å². The number of rotatable bonds is 1. The average molecular weight is 259 g/mol. The fraction of sp³-hybridized carbons (Fsp3) is 0.500. The van der Waals surface area contributed by atoms with Crippen LogP contribution in [0.3, 0.4) is 0 Å². The van der Waals surface area contributed by atoms with Gasteiger partial charge in [-0.3, -0.25) is 0 Å². The lowest BCUT2D eigenvalue weighted by molar-refractivity contribution is -0.0391. The minimum atomic E-state index is -1.52. The van der Waals surface area contributed by atoms with E-state index in [0.29, 0.717) is 11.3 Å². The van der Waals surface area contributed by atoms with Crippen LogP contribution in [-0.2, 0) is 5.79 Å². The third kappa shape index (κ3) is 2.01. The first-order valence-electron chi connectivity index (χ1n) is 5.74. The molecule has 1 saturated heterocycles. The summed E-state index contributed by atoms with van der Waals surface area (Å²) in [5, 5.41) is 3.24. The molecule has 0 saturated carbocycles. The number of benzene rings is 1. The lowest BCUT2D eigenvalue weighted by Crippen LogP contribution is -2.46. The highest BCUT2D eigenvalue weighted by Crippen LogP contribution is 2.44. The molecule has 2 N–H and O–H groups in total. The van der Waals surface area contributed by atoms with E-state index in [9.17, 15) is 4.39 Å². The molecule has 2 aliphatic heterocycles. The Labute approximate surface area is 106 Å². The maximum Gasteiger partial charge on any atom is 0.224 e. The molecule has 0 radical (unpaired) electrons. The van der Waals surface area contributed by atoms with Gasteiger partial charge in [0, 0.05) is 5.92 Å². The van der Waals surface area contributed by atoms with Crippen LogP contribution in [0.25, 0.3) is 0 Å². The lowest BCUT2D eigenvalue weighted by atomic mass is 9.84. The zero-order valence-corrected chi connectivity index (χ0v) is 10.2. The normalized spacial score (nSPS) is 28.1. The number of halogens is 2. The first-order valence-corrected chi connectivity index (χ1v) is 5.74. The van der Waals surface area contributed by atoms with E-state index in [1.54, 1.807) is 12.1 Å². The van der Waals surface area contributed by atoms with Crippen LogP contribution in [0, 0.1) is 5.92 Å². The summed E-state index contributed by atoms with van der Waals surface area (Å²) in [5.74, 6) is -0.917. The summed E-state index contributed by atoms with van der Waals surface area (Å²) >= 11 is 0. The smallest absolute Gasteiger partial charge is 0.224 e. The van der Waals surface area contributed by atoms with Gasteiger partial charge in [-0.15, -0.1) is 17.9 Å². The van der Waals surface area contributed by atoms with E-state index in [2.05, 4.69) is 10.8 Å². The number of hydrogen-bond donors (Lipinski definition) is 2. The number of hydrogen-bond acceptors (Lipinski definition) is 3. The predicted octanol–water partition coefficient (Wildman–Crippen LogP) is 2.13. The summed E-state index contributed by atoms with van der Waals surface area (Å²) in [4.78, 5) is 5.22. The van der Waals surface area contributed by atoms with Crippen LogP contribution in [0.4, 0.5) is 4.39 Å². The highest BCUT2D eigenvalue weighted by Gasteiger charge is 2.47. The van der Waals surface area contributed by atoms with Crippen molar-refractivity contribution in [1.82, 2.24) is 10.8 Å². The maximum atomic E-state index is 14.9.